The predicted octanol–water partition coefficient (Wildman–Crippen LogP) is 3.34. The molecule has 0 unspecified atom stereocenters. The highest BCUT2D eigenvalue weighted by molar-refractivity contribution is 6.30. The fourth-order valence-corrected chi connectivity index (χ4v) is 2.68. The van der Waals surface area contributed by atoms with Gasteiger partial charge in [0, 0.05) is 5.02 Å². The SMILES string of the molecule is CC(C)[C@H](NC(=O)Cc1ccccc1)C(=O)OCC(=O)Nc1cc(Cl)ccc1F. The Hall–Kier alpha value is -2.93. The van der Waals surface area contributed by atoms with E-state index in [1.807, 2.05) is 30.3 Å². The van der Waals surface area contributed by atoms with Crippen molar-refractivity contribution in [2.75, 3.05) is 11.9 Å². The molecular formula is C21H22ClFN2O4. The van der Waals surface area contributed by atoms with E-state index >= 15 is 0 Å². The zero-order valence-electron chi connectivity index (χ0n) is 16.1. The summed E-state index contributed by atoms with van der Waals surface area (Å²) in [6, 6.07) is 11.9. The highest BCUT2D eigenvalue weighted by Gasteiger charge is 2.26. The first kappa shape index (κ1) is 22.4. The van der Waals surface area contributed by atoms with Crippen LogP contribution < -0.4 is 10.6 Å². The van der Waals surface area contributed by atoms with E-state index in [0.29, 0.717) is 0 Å². The second-order valence-electron chi connectivity index (χ2n) is 6.73. The number of hydrogen-bond donors (Lipinski definition) is 2. The third-order valence-electron chi connectivity index (χ3n) is 3.99. The molecule has 0 aromatic heterocycles. The number of esters is 1. The molecule has 154 valence electrons. The number of hydrogen-bond acceptors (Lipinski definition) is 4. The van der Waals surface area contributed by atoms with Crippen molar-refractivity contribution in [3.8, 4) is 0 Å². The summed E-state index contributed by atoms with van der Waals surface area (Å²) in [6.07, 6.45) is 0.117. The number of anilines is 1. The molecule has 29 heavy (non-hydrogen) atoms. The zero-order valence-corrected chi connectivity index (χ0v) is 16.8. The average molecular weight is 421 g/mol. The molecule has 0 fully saturated rings. The van der Waals surface area contributed by atoms with Gasteiger partial charge < -0.3 is 15.4 Å². The minimum absolute atomic E-state index is 0.116. The van der Waals surface area contributed by atoms with Crippen LogP contribution in [0.3, 0.4) is 0 Å². The van der Waals surface area contributed by atoms with E-state index in [1.54, 1.807) is 13.8 Å². The highest BCUT2D eigenvalue weighted by Crippen LogP contribution is 2.19. The van der Waals surface area contributed by atoms with Gasteiger partial charge in [-0.05, 0) is 29.7 Å². The van der Waals surface area contributed by atoms with Crippen LogP contribution in [0.5, 0.6) is 0 Å². The molecule has 0 aliphatic heterocycles. The second kappa shape index (κ2) is 10.6. The van der Waals surface area contributed by atoms with Crippen LogP contribution in [-0.2, 0) is 25.5 Å². The van der Waals surface area contributed by atoms with Crippen LogP contribution in [0.2, 0.25) is 5.02 Å². The first-order chi connectivity index (χ1) is 13.8. The summed E-state index contributed by atoms with van der Waals surface area (Å²) in [5.41, 5.74) is 0.693. The summed E-state index contributed by atoms with van der Waals surface area (Å²) in [5, 5.41) is 5.17. The molecule has 8 heteroatoms. The third-order valence-corrected chi connectivity index (χ3v) is 4.23. The van der Waals surface area contributed by atoms with Crippen molar-refractivity contribution < 1.29 is 23.5 Å². The number of amides is 2. The van der Waals surface area contributed by atoms with E-state index in [4.69, 9.17) is 16.3 Å². The number of carbonyl (C=O) groups excluding carboxylic acids is 3. The van der Waals surface area contributed by atoms with Crippen LogP contribution in [0.25, 0.3) is 0 Å². The number of nitrogens with one attached hydrogen (secondary N) is 2. The van der Waals surface area contributed by atoms with Crippen molar-refractivity contribution in [1.82, 2.24) is 5.32 Å². The van der Waals surface area contributed by atoms with Crippen LogP contribution in [0.4, 0.5) is 10.1 Å². The van der Waals surface area contributed by atoms with Crippen molar-refractivity contribution >= 4 is 35.1 Å². The van der Waals surface area contributed by atoms with Crippen LogP contribution in [-0.4, -0.2) is 30.4 Å². The summed E-state index contributed by atoms with van der Waals surface area (Å²) in [6.45, 7) is 2.87. The monoisotopic (exact) mass is 420 g/mol. The normalized spacial score (nSPS) is 11.6. The quantitative estimate of drug-likeness (QED) is 0.641. The maximum absolute atomic E-state index is 13.7. The van der Waals surface area contributed by atoms with Crippen molar-refractivity contribution in [2.45, 2.75) is 26.3 Å². The Kier molecular flexibility index (Phi) is 8.15. The van der Waals surface area contributed by atoms with Gasteiger partial charge in [0.25, 0.3) is 5.91 Å². The molecule has 2 N–H and O–H groups in total. The fraction of sp³-hybridized carbons (Fsp3) is 0.286. The molecule has 2 amide bonds. The molecular weight excluding hydrogens is 399 g/mol. The van der Waals surface area contributed by atoms with Gasteiger partial charge in [0.2, 0.25) is 5.91 Å². The topological polar surface area (TPSA) is 84.5 Å². The third kappa shape index (κ3) is 7.19. The zero-order chi connectivity index (χ0) is 21.4. The lowest BCUT2D eigenvalue weighted by molar-refractivity contribution is -0.151. The van der Waals surface area contributed by atoms with Crippen molar-refractivity contribution in [3.05, 3.63) is 64.9 Å². The van der Waals surface area contributed by atoms with Gasteiger partial charge in [0.15, 0.2) is 6.61 Å². The van der Waals surface area contributed by atoms with E-state index in [9.17, 15) is 18.8 Å². The lowest BCUT2D eigenvalue weighted by atomic mass is 10.0. The molecule has 0 radical (unpaired) electrons. The molecule has 2 aromatic carbocycles. The molecule has 2 aromatic rings. The predicted molar refractivity (Wildman–Crippen MR) is 108 cm³/mol. The first-order valence-corrected chi connectivity index (χ1v) is 9.39. The summed E-state index contributed by atoms with van der Waals surface area (Å²) in [4.78, 5) is 36.5. The smallest absolute Gasteiger partial charge is 0.329 e. The maximum Gasteiger partial charge on any atom is 0.329 e. The van der Waals surface area contributed by atoms with E-state index in [2.05, 4.69) is 10.6 Å². The van der Waals surface area contributed by atoms with Crippen LogP contribution in [0, 0.1) is 11.7 Å². The van der Waals surface area contributed by atoms with Crippen LogP contribution in [0.1, 0.15) is 19.4 Å². The number of carbonyl (C=O) groups is 3. The van der Waals surface area contributed by atoms with Gasteiger partial charge in [-0.15, -0.1) is 0 Å². The summed E-state index contributed by atoms with van der Waals surface area (Å²) in [5.74, 6) is -2.73. The Bertz CT molecular complexity index is 874. The largest absolute Gasteiger partial charge is 0.454 e. The van der Waals surface area contributed by atoms with Gasteiger partial charge in [-0.1, -0.05) is 55.8 Å². The van der Waals surface area contributed by atoms with E-state index < -0.39 is 30.3 Å². The minimum atomic E-state index is -0.915. The van der Waals surface area contributed by atoms with Gasteiger partial charge in [-0.2, -0.15) is 0 Å². The lowest BCUT2D eigenvalue weighted by Crippen LogP contribution is -2.46. The van der Waals surface area contributed by atoms with E-state index in [1.165, 1.54) is 12.1 Å². The maximum atomic E-state index is 13.7. The summed E-state index contributed by atoms with van der Waals surface area (Å²) >= 11 is 5.77. The molecule has 0 heterocycles. The molecule has 6 nitrogen and oxygen atoms in total. The van der Waals surface area contributed by atoms with Gasteiger partial charge >= 0.3 is 5.97 Å². The number of halogens is 2. The Balaban J connectivity index is 1.89. The number of benzene rings is 2. The van der Waals surface area contributed by atoms with Crippen molar-refractivity contribution in [2.24, 2.45) is 5.92 Å². The van der Waals surface area contributed by atoms with Crippen molar-refractivity contribution in [1.29, 1.82) is 0 Å². The molecule has 0 aliphatic rings. The van der Waals surface area contributed by atoms with Gasteiger partial charge in [0.05, 0.1) is 12.1 Å². The van der Waals surface area contributed by atoms with Crippen LogP contribution in [0.15, 0.2) is 48.5 Å². The highest BCUT2D eigenvalue weighted by atomic mass is 35.5. The summed E-state index contributed by atoms with van der Waals surface area (Å²) < 4.78 is 18.7. The van der Waals surface area contributed by atoms with Crippen LogP contribution >= 0.6 is 11.6 Å². The lowest BCUT2D eigenvalue weighted by Gasteiger charge is -2.21. The first-order valence-electron chi connectivity index (χ1n) is 9.01. The number of ether oxygens (including phenoxy) is 1. The van der Waals surface area contributed by atoms with E-state index in [0.717, 1.165) is 11.6 Å². The number of rotatable bonds is 8. The molecule has 1 atom stereocenters. The standard InChI is InChI=1S/C21H22ClFN2O4/c1-13(2)20(25-18(26)10-14-6-4-3-5-7-14)21(28)29-12-19(27)24-17-11-15(22)8-9-16(17)23/h3-9,11,13,20H,10,12H2,1-2H3,(H,24,27)(H,25,26)/t20-/m0/s1. The fourth-order valence-electron chi connectivity index (χ4n) is 2.51. The second-order valence-corrected chi connectivity index (χ2v) is 7.17. The van der Waals surface area contributed by atoms with E-state index in [-0.39, 0.29) is 29.0 Å². The Morgan fingerprint density at radius 2 is 1.76 bits per heavy atom. The van der Waals surface area contributed by atoms with Gasteiger partial charge in [-0.3, -0.25) is 9.59 Å². The molecule has 2 rings (SSSR count). The summed E-state index contributed by atoms with van der Waals surface area (Å²) in [7, 11) is 0. The Morgan fingerprint density at radius 3 is 2.41 bits per heavy atom. The Morgan fingerprint density at radius 1 is 1.07 bits per heavy atom. The van der Waals surface area contributed by atoms with Gasteiger partial charge in [0.1, 0.15) is 11.9 Å². The molecule has 0 spiro atoms. The Labute approximate surface area is 173 Å². The molecule has 0 saturated heterocycles. The molecule has 0 aliphatic carbocycles. The van der Waals surface area contributed by atoms with Crippen molar-refractivity contribution in [3.63, 3.8) is 0 Å². The molecule has 0 saturated carbocycles. The van der Waals surface area contributed by atoms with Gasteiger partial charge in [-0.25, -0.2) is 9.18 Å². The minimum Gasteiger partial charge on any atom is -0.454 e. The molecule has 0 bridgehead atoms. The average Bonchev–Trinajstić information content (AvgIpc) is 2.67.